The summed E-state index contributed by atoms with van der Waals surface area (Å²) in [5, 5.41) is 5.59. The lowest BCUT2D eigenvalue weighted by atomic mass is 10.1. The van der Waals surface area contributed by atoms with Crippen LogP contribution in [0.5, 0.6) is 5.75 Å². The van der Waals surface area contributed by atoms with Crippen LogP contribution >= 0.6 is 0 Å². The second kappa shape index (κ2) is 8.87. The number of nitrogens with one attached hydrogen (secondary N) is 2. The van der Waals surface area contributed by atoms with Gasteiger partial charge in [-0.15, -0.1) is 0 Å². The van der Waals surface area contributed by atoms with Crippen LogP contribution in [0, 0.1) is 0 Å². The summed E-state index contributed by atoms with van der Waals surface area (Å²) >= 11 is 0. The molecule has 2 amide bonds. The zero-order chi connectivity index (χ0) is 18.2. The molecule has 25 heavy (non-hydrogen) atoms. The topological polar surface area (TPSA) is 67.4 Å². The van der Waals surface area contributed by atoms with Crippen LogP contribution in [0.3, 0.4) is 0 Å². The maximum Gasteiger partial charge on any atom is 0.258 e. The Balaban J connectivity index is 1.91. The van der Waals surface area contributed by atoms with Gasteiger partial charge >= 0.3 is 0 Å². The molecule has 0 saturated heterocycles. The van der Waals surface area contributed by atoms with Gasteiger partial charge < -0.3 is 15.4 Å². The second-order valence-electron chi connectivity index (χ2n) is 5.85. The molecule has 5 nitrogen and oxygen atoms in total. The van der Waals surface area contributed by atoms with Crippen molar-refractivity contribution in [3.05, 3.63) is 59.7 Å². The molecule has 2 rings (SSSR count). The number of hydrogen-bond acceptors (Lipinski definition) is 3. The molecule has 0 bridgehead atoms. The molecule has 0 aromatic heterocycles. The van der Waals surface area contributed by atoms with Crippen LogP contribution in [0.4, 0.5) is 5.69 Å². The van der Waals surface area contributed by atoms with E-state index in [9.17, 15) is 9.59 Å². The molecule has 132 valence electrons. The number of aryl methyl sites for hydroxylation is 1. The number of carbonyl (C=O) groups is 2. The molecule has 0 spiro atoms. The lowest BCUT2D eigenvalue weighted by Crippen LogP contribution is -2.31. The van der Waals surface area contributed by atoms with Gasteiger partial charge in [0, 0.05) is 6.92 Å². The fourth-order valence-corrected chi connectivity index (χ4v) is 2.44. The molecule has 5 heteroatoms. The van der Waals surface area contributed by atoms with Crippen LogP contribution in [0.25, 0.3) is 0 Å². The van der Waals surface area contributed by atoms with Crippen molar-refractivity contribution in [1.82, 2.24) is 5.32 Å². The van der Waals surface area contributed by atoms with Gasteiger partial charge in [-0.3, -0.25) is 9.59 Å². The average molecular weight is 340 g/mol. The summed E-state index contributed by atoms with van der Waals surface area (Å²) in [7, 11) is 0. The predicted molar refractivity (Wildman–Crippen MR) is 98.6 cm³/mol. The molecule has 2 aromatic carbocycles. The van der Waals surface area contributed by atoms with E-state index >= 15 is 0 Å². The molecular weight excluding hydrogens is 316 g/mol. The average Bonchev–Trinajstić information content (AvgIpc) is 2.60. The fraction of sp³-hybridized carbons (Fsp3) is 0.300. The number of para-hydroxylation sites is 2. The molecule has 0 fully saturated rings. The molecule has 0 aliphatic heterocycles. The first-order valence-corrected chi connectivity index (χ1v) is 8.37. The maximum absolute atomic E-state index is 12.1. The minimum Gasteiger partial charge on any atom is -0.482 e. The highest BCUT2D eigenvalue weighted by molar-refractivity contribution is 5.90. The Hall–Kier alpha value is -2.82. The number of amides is 2. The molecule has 0 saturated carbocycles. The van der Waals surface area contributed by atoms with Crippen LogP contribution < -0.4 is 15.4 Å². The highest BCUT2D eigenvalue weighted by Crippen LogP contribution is 2.23. The summed E-state index contributed by atoms with van der Waals surface area (Å²) in [6.45, 7) is 5.35. The van der Waals surface area contributed by atoms with Crippen molar-refractivity contribution >= 4 is 17.5 Å². The summed E-state index contributed by atoms with van der Waals surface area (Å²) in [5.74, 6) is 0.0575. The molecule has 0 aliphatic rings. The number of rotatable bonds is 7. The summed E-state index contributed by atoms with van der Waals surface area (Å²) in [6, 6.07) is 15.1. The standard InChI is InChI=1S/C20H24N2O3/c1-4-16-9-11-17(12-10-16)14(2)21-20(24)13-25-19-8-6-5-7-18(19)22-15(3)23/h5-12,14H,4,13H2,1-3H3,(H,21,24)(H,22,23)/t14-/m0/s1. The van der Waals surface area contributed by atoms with Crippen LogP contribution in [-0.2, 0) is 16.0 Å². The number of ether oxygens (including phenoxy) is 1. The first-order chi connectivity index (χ1) is 12.0. The van der Waals surface area contributed by atoms with Crippen LogP contribution in [0.15, 0.2) is 48.5 Å². The smallest absolute Gasteiger partial charge is 0.258 e. The Morgan fingerprint density at radius 3 is 2.40 bits per heavy atom. The molecular formula is C20H24N2O3. The number of carbonyl (C=O) groups excluding carboxylic acids is 2. The van der Waals surface area contributed by atoms with Gasteiger partial charge in [0.05, 0.1) is 11.7 Å². The normalized spacial score (nSPS) is 11.5. The van der Waals surface area contributed by atoms with Gasteiger partial charge in [-0.2, -0.15) is 0 Å². The molecule has 0 unspecified atom stereocenters. The predicted octanol–water partition coefficient (Wildman–Crippen LogP) is 3.46. The van der Waals surface area contributed by atoms with Gasteiger partial charge in [0.2, 0.25) is 5.91 Å². The summed E-state index contributed by atoms with van der Waals surface area (Å²) in [5.41, 5.74) is 2.86. The van der Waals surface area contributed by atoms with Crippen molar-refractivity contribution in [2.75, 3.05) is 11.9 Å². The van der Waals surface area contributed by atoms with E-state index in [4.69, 9.17) is 4.74 Å². The van der Waals surface area contributed by atoms with Gasteiger partial charge in [-0.05, 0) is 36.6 Å². The van der Waals surface area contributed by atoms with Crippen molar-refractivity contribution in [2.24, 2.45) is 0 Å². The Morgan fingerprint density at radius 2 is 1.76 bits per heavy atom. The Bertz CT molecular complexity index is 726. The van der Waals surface area contributed by atoms with Crippen molar-refractivity contribution in [2.45, 2.75) is 33.2 Å². The van der Waals surface area contributed by atoms with Crippen molar-refractivity contribution in [3.8, 4) is 5.75 Å². The van der Waals surface area contributed by atoms with E-state index < -0.39 is 0 Å². The zero-order valence-corrected chi connectivity index (χ0v) is 14.8. The van der Waals surface area contributed by atoms with E-state index in [-0.39, 0.29) is 24.5 Å². The SMILES string of the molecule is CCc1ccc([C@H](C)NC(=O)COc2ccccc2NC(C)=O)cc1. The largest absolute Gasteiger partial charge is 0.482 e. The van der Waals surface area contributed by atoms with Gasteiger partial charge in [-0.1, -0.05) is 43.3 Å². The van der Waals surface area contributed by atoms with E-state index in [1.807, 2.05) is 19.1 Å². The second-order valence-corrected chi connectivity index (χ2v) is 5.85. The number of anilines is 1. The number of benzene rings is 2. The van der Waals surface area contributed by atoms with Crippen molar-refractivity contribution in [1.29, 1.82) is 0 Å². The minimum absolute atomic E-state index is 0.104. The Labute approximate surface area is 148 Å². The minimum atomic E-state index is -0.218. The summed E-state index contributed by atoms with van der Waals surface area (Å²) in [4.78, 5) is 23.3. The van der Waals surface area contributed by atoms with E-state index in [1.54, 1.807) is 24.3 Å². The highest BCUT2D eigenvalue weighted by atomic mass is 16.5. The van der Waals surface area contributed by atoms with Crippen LogP contribution in [-0.4, -0.2) is 18.4 Å². The lowest BCUT2D eigenvalue weighted by molar-refractivity contribution is -0.123. The van der Waals surface area contributed by atoms with E-state index in [2.05, 4.69) is 29.7 Å². The van der Waals surface area contributed by atoms with Crippen LogP contribution in [0.1, 0.15) is 37.9 Å². The molecule has 1 atom stereocenters. The van der Waals surface area contributed by atoms with Gasteiger partial charge in [0.1, 0.15) is 5.75 Å². The van der Waals surface area contributed by atoms with Gasteiger partial charge in [0.25, 0.3) is 5.91 Å². The Morgan fingerprint density at radius 1 is 1.08 bits per heavy atom. The zero-order valence-electron chi connectivity index (χ0n) is 14.8. The van der Waals surface area contributed by atoms with Gasteiger partial charge in [-0.25, -0.2) is 0 Å². The summed E-state index contributed by atoms with van der Waals surface area (Å²) in [6.07, 6.45) is 0.989. The van der Waals surface area contributed by atoms with E-state index in [0.717, 1.165) is 12.0 Å². The molecule has 0 aliphatic carbocycles. The fourth-order valence-electron chi connectivity index (χ4n) is 2.44. The monoisotopic (exact) mass is 340 g/mol. The van der Waals surface area contributed by atoms with Crippen molar-refractivity contribution < 1.29 is 14.3 Å². The first kappa shape index (κ1) is 18.5. The number of hydrogen-bond donors (Lipinski definition) is 2. The molecule has 2 N–H and O–H groups in total. The lowest BCUT2D eigenvalue weighted by Gasteiger charge is -2.16. The maximum atomic E-state index is 12.1. The summed E-state index contributed by atoms with van der Waals surface area (Å²) < 4.78 is 5.55. The quantitative estimate of drug-likeness (QED) is 0.811. The third-order valence-corrected chi connectivity index (χ3v) is 3.82. The van der Waals surface area contributed by atoms with Crippen molar-refractivity contribution in [3.63, 3.8) is 0 Å². The third kappa shape index (κ3) is 5.64. The highest BCUT2D eigenvalue weighted by Gasteiger charge is 2.11. The van der Waals surface area contributed by atoms with E-state index in [1.165, 1.54) is 12.5 Å². The molecule has 0 radical (unpaired) electrons. The third-order valence-electron chi connectivity index (χ3n) is 3.82. The van der Waals surface area contributed by atoms with E-state index in [0.29, 0.717) is 11.4 Å². The van der Waals surface area contributed by atoms with Gasteiger partial charge in [0.15, 0.2) is 6.61 Å². The van der Waals surface area contributed by atoms with Crippen LogP contribution in [0.2, 0.25) is 0 Å². The molecule has 0 heterocycles. The molecule has 2 aromatic rings. The Kier molecular flexibility index (Phi) is 6.57. The first-order valence-electron chi connectivity index (χ1n) is 8.37.